The summed E-state index contributed by atoms with van der Waals surface area (Å²) in [5.74, 6) is 0. The van der Waals surface area contributed by atoms with E-state index in [0.29, 0.717) is 11.2 Å². The molecule has 88 valence electrons. The Kier molecular flexibility index (Phi) is 4.16. The van der Waals surface area contributed by atoms with Crippen LogP contribution in [0.3, 0.4) is 0 Å². The van der Waals surface area contributed by atoms with Crippen molar-refractivity contribution in [2.75, 3.05) is 19.6 Å². The van der Waals surface area contributed by atoms with Gasteiger partial charge in [0.15, 0.2) is 0 Å². The zero-order valence-corrected chi connectivity index (χ0v) is 10.4. The molecular weight excluding hydrogens is 222 g/mol. The third-order valence-electron chi connectivity index (χ3n) is 2.96. The standard InChI is InChI=1S/C12H18ClN3/c1-2-5-16(11-7-14-8-11)9-10-3-4-15-12(13)6-10/h3-4,6,11,14H,2,5,7-9H2,1H3. The number of hydrogen-bond donors (Lipinski definition) is 1. The molecule has 0 amide bonds. The summed E-state index contributed by atoms with van der Waals surface area (Å²) < 4.78 is 0. The number of hydrogen-bond acceptors (Lipinski definition) is 3. The van der Waals surface area contributed by atoms with Crippen LogP contribution in [0.4, 0.5) is 0 Å². The van der Waals surface area contributed by atoms with Gasteiger partial charge in [-0.05, 0) is 30.7 Å². The Morgan fingerprint density at radius 3 is 2.94 bits per heavy atom. The van der Waals surface area contributed by atoms with Gasteiger partial charge in [-0.1, -0.05) is 18.5 Å². The molecule has 16 heavy (non-hydrogen) atoms. The summed E-state index contributed by atoms with van der Waals surface area (Å²) in [6.07, 6.45) is 2.97. The summed E-state index contributed by atoms with van der Waals surface area (Å²) in [5.41, 5.74) is 1.25. The fourth-order valence-electron chi connectivity index (χ4n) is 1.99. The zero-order valence-electron chi connectivity index (χ0n) is 9.62. The number of pyridine rings is 1. The lowest BCUT2D eigenvalue weighted by Gasteiger charge is -2.38. The van der Waals surface area contributed by atoms with Crippen molar-refractivity contribution in [2.45, 2.75) is 25.9 Å². The Balaban J connectivity index is 1.98. The van der Waals surface area contributed by atoms with E-state index < -0.39 is 0 Å². The van der Waals surface area contributed by atoms with E-state index in [1.54, 1.807) is 6.20 Å². The monoisotopic (exact) mass is 239 g/mol. The molecule has 4 heteroatoms. The second-order valence-corrected chi connectivity index (χ2v) is 4.66. The minimum Gasteiger partial charge on any atom is -0.314 e. The van der Waals surface area contributed by atoms with Crippen LogP contribution in [-0.2, 0) is 6.54 Å². The molecule has 1 aromatic rings. The maximum absolute atomic E-state index is 5.89. The molecule has 0 radical (unpaired) electrons. The van der Waals surface area contributed by atoms with E-state index in [1.807, 2.05) is 12.1 Å². The molecule has 1 saturated heterocycles. The van der Waals surface area contributed by atoms with Crippen molar-refractivity contribution in [1.82, 2.24) is 15.2 Å². The Morgan fingerprint density at radius 1 is 1.56 bits per heavy atom. The van der Waals surface area contributed by atoms with Crippen LogP contribution in [0.1, 0.15) is 18.9 Å². The van der Waals surface area contributed by atoms with E-state index in [1.165, 1.54) is 12.0 Å². The first-order chi connectivity index (χ1) is 7.79. The summed E-state index contributed by atoms with van der Waals surface area (Å²) in [4.78, 5) is 6.52. The van der Waals surface area contributed by atoms with E-state index >= 15 is 0 Å². The van der Waals surface area contributed by atoms with Gasteiger partial charge in [-0.15, -0.1) is 0 Å². The Labute approximate surface area is 102 Å². The van der Waals surface area contributed by atoms with Crippen molar-refractivity contribution >= 4 is 11.6 Å². The van der Waals surface area contributed by atoms with Gasteiger partial charge in [0, 0.05) is 31.9 Å². The number of nitrogens with one attached hydrogen (secondary N) is 1. The first kappa shape index (κ1) is 11.8. The van der Waals surface area contributed by atoms with Gasteiger partial charge in [-0.25, -0.2) is 4.98 Å². The number of nitrogens with zero attached hydrogens (tertiary/aromatic N) is 2. The molecule has 1 aromatic heterocycles. The van der Waals surface area contributed by atoms with Gasteiger partial charge in [-0.2, -0.15) is 0 Å². The van der Waals surface area contributed by atoms with E-state index in [-0.39, 0.29) is 0 Å². The minimum absolute atomic E-state index is 0.584. The first-order valence-corrected chi connectivity index (χ1v) is 6.22. The largest absolute Gasteiger partial charge is 0.314 e. The third-order valence-corrected chi connectivity index (χ3v) is 3.17. The third kappa shape index (κ3) is 2.94. The predicted molar refractivity (Wildman–Crippen MR) is 66.6 cm³/mol. The molecule has 0 aromatic carbocycles. The Morgan fingerprint density at radius 2 is 2.38 bits per heavy atom. The highest BCUT2D eigenvalue weighted by Gasteiger charge is 2.23. The summed E-state index contributed by atoms with van der Waals surface area (Å²) in [7, 11) is 0. The van der Waals surface area contributed by atoms with Gasteiger partial charge in [0.05, 0.1) is 0 Å². The lowest BCUT2D eigenvalue weighted by molar-refractivity contribution is 0.138. The fraction of sp³-hybridized carbons (Fsp3) is 0.583. The highest BCUT2D eigenvalue weighted by molar-refractivity contribution is 6.29. The average Bonchev–Trinajstić information content (AvgIpc) is 2.15. The number of aromatic nitrogens is 1. The van der Waals surface area contributed by atoms with Crippen LogP contribution in [0.2, 0.25) is 5.15 Å². The molecule has 0 spiro atoms. The second kappa shape index (κ2) is 5.62. The topological polar surface area (TPSA) is 28.2 Å². The van der Waals surface area contributed by atoms with Crippen molar-refractivity contribution in [3.05, 3.63) is 29.0 Å². The maximum Gasteiger partial charge on any atom is 0.129 e. The van der Waals surface area contributed by atoms with Gasteiger partial charge in [-0.3, -0.25) is 4.90 Å². The summed E-state index contributed by atoms with van der Waals surface area (Å²) in [5, 5.41) is 3.90. The van der Waals surface area contributed by atoms with Crippen molar-refractivity contribution in [2.24, 2.45) is 0 Å². The van der Waals surface area contributed by atoms with Crippen molar-refractivity contribution < 1.29 is 0 Å². The quantitative estimate of drug-likeness (QED) is 0.796. The highest BCUT2D eigenvalue weighted by Crippen LogP contribution is 2.14. The molecule has 0 unspecified atom stereocenters. The molecule has 0 aliphatic carbocycles. The van der Waals surface area contributed by atoms with Crippen molar-refractivity contribution in [1.29, 1.82) is 0 Å². The lowest BCUT2D eigenvalue weighted by atomic mass is 10.1. The highest BCUT2D eigenvalue weighted by atomic mass is 35.5. The smallest absolute Gasteiger partial charge is 0.129 e. The molecule has 1 aliphatic heterocycles. The van der Waals surface area contributed by atoms with Gasteiger partial charge < -0.3 is 5.32 Å². The van der Waals surface area contributed by atoms with E-state index in [4.69, 9.17) is 11.6 Å². The molecule has 2 rings (SSSR count). The van der Waals surface area contributed by atoms with Crippen LogP contribution in [0.5, 0.6) is 0 Å². The van der Waals surface area contributed by atoms with E-state index in [2.05, 4.69) is 22.1 Å². The van der Waals surface area contributed by atoms with Crippen LogP contribution in [0.15, 0.2) is 18.3 Å². The average molecular weight is 240 g/mol. The fourth-order valence-corrected chi connectivity index (χ4v) is 2.18. The van der Waals surface area contributed by atoms with Crippen LogP contribution < -0.4 is 5.32 Å². The zero-order chi connectivity index (χ0) is 11.4. The van der Waals surface area contributed by atoms with Crippen molar-refractivity contribution in [3.63, 3.8) is 0 Å². The molecule has 0 saturated carbocycles. The normalized spacial score (nSPS) is 16.4. The molecule has 1 fully saturated rings. The molecule has 3 nitrogen and oxygen atoms in total. The molecule has 2 heterocycles. The SMILES string of the molecule is CCCN(Cc1ccnc(Cl)c1)C1CNC1. The maximum atomic E-state index is 5.89. The molecule has 0 atom stereocenters. The van der Waals surface area contributed by atoms with Gasteiger partial charge in [0.25, 0.3) is 0 Å². The second-order valence-electron chi connectivity index (χ2n) is 4.27. The Bertz CT molecular complexity index is 339. The molecule has 0 bridgehead atoms. The van der Waals surface area contributed by atoms with Crippen LogP contribution >= 0.6 is 11.6 Å². The predicted octanol–water partition coefficient (Wildman–Crippen LogP) is 1.92. The number of rotatable bonds is 5. The molecule has 1 aliphatic rings. The summed E-state index contributed by atoms with van der Waals surface area (Å²) >= 11 is 5.89. The van der Waals surface area contributed by atoms with E-state index in [0.717, 1.165) is 26.2 Å². The Hall–Kier alpha value is -0.640. The van der Waals surface area contributed by atoms with Gasteiger partial charge in [0.2, 0.25) is 0 Å². The number of halogens is 1. The van der Waals surface area contributed by atoms with Crippen LogP contribution in [0.25, 0.3) is 0 Å². The molecule has 1 N–H and O–H groups in total. The van der Waals surface area contributed by atoms with Crippen LogP contribution in [0, 0.1) is 0 Å². The summed E-state index contributed by atoms with van der Waals surface area (Å²) in [6, 6.07) is 4.68. The summed E-state index contributed by atoms with van der Waals surface area (Å²) in [6.45, 7) is 6.56. The lowest BCUT2D eigenvalue weighted by Crippen LogP contribution is -2.56. The first-order valence-electron chi connectivity index (χ1n) is 5.85. The van der Waals surface area contributed by atoms with Gasteiger partial charge in [0.1, 0.15) is 5.15 Å². The molecular formula is C12H18ClN3. The van der Waals surface area contributed by atoms with Crippen molar-refractivity contribution in [3.8, 4) is 0 Å². The van der Waals surface area contributed by atoms with Gasteiger partial charge >= 0.3 is 0 Å². The van der Waals surface area contributed by atoms with E-state index in [9.17, 15) is 0 Å². The minimum atomic E-state index is 0.584. The van der Waals surface area contributed by atoms with Crippen LogP contribution in [-0.4, -0.2) is 35.6 Å².